The highest BCUT2D eigenvalue weighted by molar-refractivity contribution is 5.37. The Morgan fingerprint density at radius 1 is 1.11 bits per heavy atom. The van der Waals surface area contributed by atoms with Crippen molar-refractivity contribution in [3.63, 3.8) is 0 Å². The predicted octanol–water partition coefficient (Wildman–Crippen LogP) is 1.17. The average molecular weight is 380 g/mol. The van der Waals surface area contributed by atoms with Crippen LogP contribution in [0.1, 0.15) is 46.0 Å². The van der Waals surface area contributed by atoms with E-state index in [1.165, 1.54) is 0 Å². The summed E-state index contributed by atoms with van der Waals surface area (Å²) >= 11 is 0. The van der Waals surface area contributed by atoms with Gasteiger partial charge < -0.3 is 29.9 Å². The minimum absolute atomic E-state index is 0.206. The molecule has 6 aliphatic rings. The molecular weight excluding hydrogens is 348 g/mol. The van der Waals surface area contributed by atoms with Crippen LogP contribution in [0.15, 0.2) is 12.2 Å². The van der Waals surface area contributed by atoms with Crippen molar-refractivity contribution in [3.05, 3.63) is 12.2 Å². The van der Waals surface area contributed by atoms with Crippen molar-refractivity contribution in [2.24, 2.45) is 34.0 Å². The van der Waals surface area contributed by atoms with Crippen molar-refractivity contribution in [2.45, 2.75) is 76.3 Å². The molecule has 4 bridgehead atoms. The van der Waals surface area contributed by atoms with E-state index < -0.39 is 41.2 Å². The number of rotatable bonds is 1. The highest BCUT2D eigenvalue weighted by Gasteiger charge is 2.87. The molecule has 0 aromatic carbocycles. The second-order valence-corrected chi connectivity index (χ2v) is 10.4. The van der Waals surface area contributed by atoms with Crippen LogP contribution in [0.5, 0.6) is 0 Å². The molecular formula is C21H32O6. The third-order valence-electron chi connectivity index (χ3n) is 9.27. The van der Waals surface area contributed by atoms with Crippen molar-refractivity contribution in [1.82, 2.24) is 0 Å². The van der Waals surface area contributed by atoms with Crippen LogP contribution >= 0.6 is 0 Å². The summed E-state index contributed by atoms with van der Waals surface area (Å²) in [6, 6.07) is 0. The summed E-state index contributed by atoms with van der Waals surface area (Å²) in [7, 11) is 1.58. The van der Waals surface area contributed by atoms with Crippen LogP contribution in [0.4, 0.5) is 0 Å². The van der Waals surface area contributed by atoms with Crippen molar-refractivity contribution in [3.8, 4) is 0 Å². The van der Waals surface area contributed by atoms with Gasteiger partial charge in [0.1, 0.15) is 6.10 Å². The number of aliphatic hydroxyl groups is 4. The monoisotopic (exact) mass is 380 g/mol. The number of aliphatic hydroxyl groups excluding tert-OH is 3. The largest absolute Gasteiger partial charge is 0.392 e. The summed E-state index contributed by atoms with van der Waals surface area (Å²) in [6.07, 6.45) is 0.202. The molecule has 0 unspecified atom stereocenters. The molecule has 2 spiro atoms. The molecule has 4 aliphatic carbocycles. The zero-order valence-corrected chi connectivity index (χ0v) is 16.4. The van der Waals surface area contributed by atoms with Gasteiger partial charge in [0.05, 0.1) is 17.6 Å². The molecule has 0 amide bonds. The quantitative estimate of drug-likeness (QED) is 0.510. The van der Waals surface area contributed by atoms with E-state index in [2.05, 4.69) is 20.4 Å². The van der Waals surface area contributed by atoms with Gasteiger partial charge in [0, 0.05) is 24.4 Å². The smallest absolute Gasteiger partial charge is 0.206 e. The van der Waals surface area contributed by atoms with E-state index in [0.29, 0.717) is 5.57 Å². The zero-order valence-electron chi connectivity index (χ0n) is 16.4. The minimum atomic E-state index is -2.07. The summed E-state index contributed by atoms with van der Waals surface area (Å²) < 4.78 is 11.9. The molecule has 152 valence electrons. The minimum Gasteiger partial charge on any atom is -0.392 e. The van der Waals surface area contributed by atoms with Crippen LogP contribution in [0, 0.1) is 34.0 Å². The summed E-state index contributed by atoms with van der Waals surface area (Å²) in [6.45, 7) is 8.31. The molecule has 2 aliphatic heterocycles. The van der Waals surface area contributed by atoms with Crippen LogP contribution < -0.4 is 0 Å². The summed E-state index contributed by atoms with van der Waals surface area (Å²) in [5.41, 5.74) is -1.57. The average Bonchev–Trinajstić information content (AvgIpc) is 2.72. The number of hydrogen-bond donors (Lipinski definition) is 4. The normalized spacial score (nSPS) is 60.9. The maximum absolute atomic E-state index is 11.9. The highest BCUT2D eigenvalue weighted by Crippen LogP contribution is 2.78. The maximum Gasteiger partial charge on any atom is 0.206 e. The Morgan fingerprint density at radius 2 is 1.81 bits per heavy atom. The van der Waals surface area contributed by atoms with Gasteiger partial charge in [-0.25, -0.2) is 0 Å². The van der Waals surface area contributed by atoms with E-state index in [1.54, 1.807) is 7.11 Å². The Bertz CT molecular complexity index is 692. The Kier molecular flexibility index (Phi) is 3.54. The van der Waals surface area contributed by atoms with Crippen LogP contribution in [0.25, 0.3) is 0 Å². The molecule has 2 heterocycles. The van der Waals surface area contributed by atoms with Gasteiger partial charge in [-0.1, -0.05) is 26.8 Å². The molecule has 6 fully saturated rings. The van der Waals surface area contributed by atoms with E-state index >= 15 is 0 Å². The number of fused-ring (bicyclic) bond motifs is 2. The summed E-state index contributed by atoms with van der Waals surface area (Å²) in [5.74, 6) is -2.79. The number of ether oxygens (including phenoxy) is 2. The first-order valence-electron chi connectivity index (χ1n) is 10.3. The number of hydrogen-bond acceptors (Lipinski definition) is 6. The molecule has 4 saturated carbocycles. The lowest BCUT2D eigenvalue weighted by Crippen LogP contribution is -2.86. The Morgan fingerprint density at radius 3 is 2.48 bits per heavy atom. The van der Waals surface area contributed by atoms with Crippen molar-refractivity contribution in [2.75, 3.05) is 7.11 Å². The molecule has 0 radical (unpaired) electrons. The molecule has 6 nitrogen and oxygen atoms in total. The first kappa shape index (κ1) is 18.5. The molecule has 4 N–H and O–H groups in total. The van der Waals surface area contributed by atoms with Gasteiger partial charge in [0.2, 0.25) is 5.79 Å². The summed E-state index contributed by atoms with van der Waals surface area (Å²) in [4.78, 5) is 0. The van der Waals surface area contributed by atoms with Crippen LogP contribution in [0.2, 0.25) is 0 Å². The van der Waals surface area contributed by atoms with E-state index in [4.69, 9.17) is 9.47 Å². The topological polar surface area (TPSA) is 99.4 Å². The van der Waals surface area contributed by atoms with Gasteiger partial charge in [-0.15, -0.1) is 0 Å². The lowest BCUT2D eigenvalue weighted by molar-refractivity contribution is -0.516. The van der Waals surface area contributed by atoms with E-state index in [0.717, 1.165) is 32.1 Å². The predicted molar refractivity (Wildman–Crippen MR) is 96.2 cm³/mol. The fourth-order valence-electron chi connectivity index (χ4n) is 8.53. The van der Waals surface area contributed by atoms with Crippen LogP contribution in [0.3, 0.4) is 0 Å². The molecule has 10 atom stereocenters. The first-order valence-corrected chi connectivity index (χ1v) is 10.3. The molecule has 0 aromatic rings. The lowest BCUT2D eigenvalue weighted by Gasteiger charge is -2.76. The third-order valence-corrected chi connectivity index (χ3v) is 9.27. The lowest BCUT2D eigenvalue weighted by atomic mass is 9.35. The van der Waals surface area contributed by atoms with Crippen LogP contribution in [-0.4, -0.2) is 57.9 Å². The number of methoxy groups -OCH3 is 1. The van der Waals surface area contributed by atoms with Crippen molar-refractivity contribution >= 4 is 0 Å². The van der Waals surface area contributed by atoms with Gasteiger partial charge in [0.25, 0.3) is 0 Å². The SMILES string of the molecule is C=C1[C@@H](O)[C@]23[C@H](O)[C@H]1CC[C@H]2[C@]12CCCC(C)(C)[C@H]1[C@H](O)[C@]3(O)O[C@H]2OC. The molecule has 0 aromatic heterocycles. The fourth-order valence-corrected chi connectivity index (χ4v) is 8.53. The van der Waals surface area contributed by atoms with Gasteiger partial charge in [-0.05, 0) is 42.6 Å². The van der Waals surface area contributed by atoms with Gasteiger partial charge in [-0.3, -0.25) is 0 Å². The fraction of sp³-hybridized carbons (Fsp3) is 0.905. The first-order chi connectivity index (χ1) is 12.6. The van der Waals surface area contributed by atoms with Crippen LogP contribution in [-0.2, 0) is 9.47 Å². The van der Waals surface area contributed by atoms with Gasteiger partial charge in [0.15, 0.2) is 6.29 Å². The van der Waals surface area contributed by atoms with Gasteiger partial charge in [-0.2, -0.15) is 0 Å². The zero-order chi connectivity index (χ0) is 19.6. The second kappa shape index (κ2) is 5.15. The van der Waals surface area contributed by atoms with Gasteiger partial charge >= 0.3 is 0 Å². The standard InChI is InChI=1S/C21H32O6/c1-10-11-6-7-12-19-9-5-8-18(2,3)13(19)16(24)21(25,27-17(19)26-4)20(12,14(10)22)15(11)23/h11-17,22-25H,1,5-9H2,2-4H3/t11-,12-,13+,14+,15+,16-,17+,19+,20-,21-/m0/s1. The van der Waals surface area contributed by atoms with E-state index in [1.807, 2.05) is 0 Å². The molecule has 6 rings (SSSR count). The third kappa shape index (κ3) is 1.65. The Balaban J connectivity index is 1.81. The summed E-state index contributed by atoms with van der Waals surface area (Å²) in [5, 5.41) is 45.9. The molecule has 6 heteroatoms. The maximum atomic E-state index is 11.9. The van der Waals surface area contributed by atoms with E-state index in [-0.39, 0.29) is 23.2 Å². The highest BCUT2D eigenvalue weighted by atomic mass is 16.7. The van der Waals surface area contributed by atoms with Crippen molar-refractivity contribution in [1.29, 1.82) is 0 Å². The second-order valence-electron chi connectivity index (χ2n) is 10.4. The Labute approximate surface area is 160 Å². The Hall–Kier alpha value is -0.500. The van der Waals surface area contributed by atoms with E-state index in [9.17, 15) is 20.4 Å². The molecule has 2 saturated heterocycles. The molecule has 27 heavy (non-hydrogen) atoms. The van der Waals surface area contributed by atoms with Crippen molar-refractivity contribution < 1.29 is 29.9 Å².